The van der Waals surface area contributed by atoms with Gasteiger partial charge in [-0.2, -0.15) is 0 Å². The van der Waals surface area contributed by atoms with E-state index in [2.05, 4.69) is 6.58 Å². The first-order valence-electron chi connectivity index (χ1n) is 6.62. The first-order valence-corrected chi connectivity index (χ1v) is 6.62. The summed E-state index contributed by atoms with van der Waals surface area (Å²) in [4.78, 5) is 0. The number of rotatable bonds is 7. The van der Waals surface area contributed by atoms with Crippen molar-refractivity contribution in [2.24, 2.45) is 0 Å². The minimum Gasteiger partial charge on any atom is -0.493 e. The van der Waals surface area contributed by atoms with Crippen LogP contribution in [-0.4, -0.2) is 21.3 Å². The van der Waals surface area contributed by atoms with E-state index in [1.54, 1.807) is 21.3 Å². The zero-order chi connectivity index (χ0) is 15.7. The molecule has 0 radical (unpaired) electrons. The summed E-state index contributed by atoms with van der Waals surface area (Å²) < 4.78 is 15.9. The van der Waals surface area contributed by atoms with Crippen molar-refractivity contribution in [3.63, 3.8) is 0 Å². The summed E-state index contributed by atoms with van der Waals surface area (Å²) in [6.45, 7) is 5.94. The van der Waals surface area contributed by atoms with E-state index in [0.717, 1.165) is 11.1 Å². The van der Waals surface area contributed by atoms with Gasteiger partial charge in [-0.15, -0.1) is 0 Å². The van der Waals surface area contributed by atoms with Crippen molar-refractivity contribution in [1.82, 2.24) is 0 Å². The van der Waals surface area contributed by atoms with E-state index in [1.807, 2.05) is 55.5 Å². The van der Waals surface area contributed by atoms with Gasteiger partial charge in [0.1, 0.15) is 0 Å². The Hall–Kier alpha value is -2.42. The smallest absolute Gasteiger partial charge is 0.203 e. The molecule has 21 heavy (non-hydrogen) atoms. The number of methoxy groups -OCH3 is 3. The maximum absolute atomic E-state index is 5.32. The number of allylic oxidation sites excluding steroid dienone is 6. The van der Waals surface area contributed by atoms with Gasteiger partial charge in [0.05, 0.1) is 21.3 Å². The fraction of sp³-hybridized carbons (Fsp3) is 0.222. The second-order valence-electron chi connectivity index (χ2n) is 4.25. The molecule has 3 heteroatoms. The van der Waals surface area contributed by atoms with E-state index < -0.39 is 0 Å². The third-order valence-electron chi connectivity index (χ3n) is 2.79. The number of hydrogen-bond donors (Lipinski definition) is 0. The molecule has 0 atom stereocenters. The Balaban J connectivity index is 3.01. The van der Waals surface area contributed by atoms with Crippen LogP contribution in [0.15, 0.2) is 54.7 Å². The Labute approximate surface area is 126 Å². The molecule has 0 bridgehead atoms. The SMILES string of the molecule is C=C(/C=C\C=C/C)/C=C\c1cc(OC)c(OC)c(OC)c1. The summed E-state index contributed by atoms with van der Waals surface area (Å²) in [6.07, 6.45) is 11.7. The Kier molecular flexibility index (Phi) is 6.88. The van der Waals surface area contributed by atoms with Gasteiger partial charge in [0.2, 0.25) is 5.75 Å². The van der Waals surface area contributed by atoms with Crippen molar-refractivity contribution in [2.75, 3.05) is 21.3 Å². The van der Waals surface area contributed by atoms with Gasteiger partial charge >= 0.3 is 0 Å². The lowest BCUT2D eigenvalue weighted by Gasteiger charge is -2.12. The van der Waals surface area contributed by atoms with Crippen molar-refractivity contribution in [3.05, 3.63) is 60.2 Å². The van der Waals surface area contributed by atoms with Crippen LogP contribution < -0.4 is 14.2 Å². The summed E-state index contributed by atoms with van der Waals surface area (Å²) in [5.74, 6) is 1.85. The molecule has 0 aromatic heterocycles. The highest BCUT2D eigenvalue weighted by atomic mass is 16.5. The molecule has 1 aromatic carbocycles. The van der Waals surface area contributed by atoms with E-state index >= 15 is 0 Å². The zero-order valence-electron chi connectivity index (χ0n) is 13.1. The Morgan fingerprint density at radius 2 is 1.57 bits per heavy atom. The standard InChI is InChI=1S/C18H22O3/c1-6-7-8-9-14(2)10-11-15-12-16(19-3)18(21-5)17(13-15)20-4/h6-13H,2H2,1,3-5H3/b7-6-,9-8-,11-10-. The first kappa shape index (κ1) is 16.6. The average molecular weight is 286 g/mol. The molecule has 0 fully saturated rings. The third kappa shape index (κ3) is 4.88. The summed E-state index contributed by atoms with van der Waals surface area (Å²) in [7, 11) is 4.79. The van der Waals surface area contributed by atoms with Crippen molar-refractivity contribution >= 4 is 6.08 Å². The molecular weight excluding hydrogens is 264 g/mol. The van der Waals surface area contributed by atoms with Gasteiger partial charge in [-0.1, -0.05) is 43.0 Å². The molecule has 0 aliphatic heterocycles. The molecule has 112 valence electrons. The lowest BCUT2D eigenvalue weighted by molar-refractivity contribution is 0.324. The van der Waals surface area contributed by atoms with Crippen molar-refractivity contribution in [2.45, 2.75) is 6.92 Å². The Morgan fingerprint density at radius 3 is 2.05 bits per heavy atom. The van der Waals surface area contributed by atoms with E-state index in [-0.39, 0.29) is 0 Å². The minimum atomic E-state index is 0.587. The van der Waals surface area contributed by atoms with Crippen LogP contribution in [0.4, 0.5) is 0 Å². The molecule has 0 amide bonds. The molecule has 0 saturated carbocycles. The number of hydrogen-bond acceptors (Lipinski definition) is 3. The van der Waals surface area contributed by atoms with E-state index in [1.165, 1.54) is 0 Å². The summed E-state index contributed by atoms with van der Waals surface area (Å²) in [6, 6.07) is 3.78. The maximum atomic E-state index is 5.32. The van der Waals surface area contributed by atoms with Crippen LogP contribution in [0, 0.1) is 0 Å². The van der Waals surface area contributed by atoms with Gasteiger partial charge < -0.3 is 14.2 Å². The molecule has 1 rings (SSSR count). The fourth-order valence-corrected chi connectivity index (χ4v) is 1.75. The fourth-order valence-electron chi connectivity index (χ4n) is 1.75. The van der Waals surface area contributed by atoms with Gasteiger partial charge in [-0.3, -0.25) is 0 Å². The van der Waals surface area contributed by atoms with Crippen LogP contribution >= 0.6 is 0 Å². The average Bonchev–Trinajstić information content (AvgIpc) is 2.51. The van der Waals surface area contributed by atoms with Gasteiger partial charge in [0, 0.05) is 0 Å². The van der Waals surface area contributed by atoms with Crippen LogP contribution in [0.25, 0.3) is 6.08 Å². The van der Waals surface area contributed by atoms with Crippen LogP contribution in [0.5, 0.6) is 17.2 Å². The Bertz CT molecular complexity index is 541. The minimum absolute atomic E-state index is 0.587. The lowest BCUT2D eigenvalue weighted by atomic mass is 10.1. The van der Waals surface area contributed by atoms with Crippen molar-refractivity contribution in [1.29, 1.82) is 0 Å². The second-order valence-corrected chi connectivity index (χ2v) is 4.25. The van der Waals surface area contributed by atoms with Gasteiger partial charge in [0.15, 0.2) is 11.5 Å². The Morgan fingerprint density at radius 1 is 0.952 bits per heavy atom. The monoisotopic (exact) mass is 286 g/mol. The van der Waals surface area contributed by atoms with Crippen LogP contribution in [0.2, 0.25) is 0 Å². The van der Waals surface area contributed by atoms with E-state index in [9.17, 15) is 0 Å². The molecule has 0 heterocycles. The maximum Gasteiger partial charge on any atom is 0.203 e. The molecular formula is C18H22O3. The van der Waals surface area contributed by atoms with Gasteiger partial charge in [0.25, 0.3) is 0 Å². The predicted octanol–water partition coefficient (Wildman–Crippen LogP) is 4.41. The van der Waals surface area contributed by atoms with E-state index in [0.29, 0.717) is 17.2 Å². The van der Waals surface area contributed by atoms with Crippen LogP contribution in [0.1, 0.15) is 12.5 Å². The second kappa shape index (κ2) is 8.69. The van der Waals surface area contributed by atoms with Crippen molar-refractivity contribution in [3.8, 4) is 17.2 Å². The molecule has 0 aliphatic rings. The molecule has 1 aromatic rings. The molecule has 0 spiro atoms. The molecule has 0 unspecified atom stereocenters. The highest BCUT2D eigenvalue weighted by Gasteiger charge is 2.11. The predicted molar refractivity (Wildman–Crippen MR) is 88.2 cm³/mol. The van der Waals surface area contributed by atoms with E-state index in [4.69, 9.17) is 14.2 Å². The highest BCUT2D eigenvalue weighted by Crippen LogP contribution is 2.38. The quantitative estimate of drug-likeness (QED) is 0.695. The van der Waals surface area contributed by atoms with Crippen LogP contribution in [-0.2, 0) is 0 Å². The normalized spacial score (nSPS) is 11.4. The number of ether oxygens (including phenoxy) is 3. The molecule has 0 saturated heterocycles. The summed E-state index contributed by atoms with van der Waals surface area (Å²) in [5, 5.41) is 0. The third-order valence-corrected chi connectivity index (χ3v) is 2.79. The highest BCUT2D eigenvalue weighted by molar-refractivity contribution is 5.63. The largest absolute Gasteiger partial charge is 0.493 e. The lowest BCUT2D eigenvalue weighted by Crippen LogP contribution is -1.95. The molecule has 3 nitrogen and oxygen atoms in total. The van der Waals surface area contributed by atoms with Gasteiger partial charge in [-0.25, -0.2) is 0 Å². The van der Waals surface area contributed by atoms with Gasteiger partial charge in [-0.05, 0) is 30.2 Å². The summed E-state index contributed by atoms with van der Waals surface area (Å²) >= 11 is 0. The van der Waals surface area contributed by atoms with Crippen LogP contribution in [0.3, 0.4) is 0 Å². The van der Waals surface area contributed by atoms with Crippen molar-refractivity contribution < 1.29 is 14.2 Å². The number of benzene rings is 1. The topological polar surface area (TPSA) is 27.7 Å². The molecule has 0 aliphatic carbocycles. The molecule has 0 N–H and O–H groups in total. The first-order chi connectivity index (χ1) is 10.2. The zero-order valence-corrected chi connectivity index (χ0v) is 13.1. The summed E-state index contributed by atoms with van der Waals surface area (Å²) in [5.41, 5.74) is 1.85.